The van der Waals surface area contributed by atoms with E-state index in [1.54, 1.807) is 12.1 Å². The Morgan fingerprint density at radius 3 is 2.70 bits per heavy atom. The van der Waals surface area contributed by atoms with E-state index in [4.69, 9.17) is 9.47 Å². The molecule has 1 aromatic heterocycles. The summed E-state index contributed by atoms with van der Waals surface area (Å²) < 4.78 is 11.2. The van der Waals surface area contributed by atoms with Gasteiger partial charge in [-0.2, -0.15) is 0 Å². The van der Waals surface area contributed by atoms with Gasteiger partial charge in [0.15, 0.2) is 11.5 Å². The number of pyridine rings is 1. The molecule has 0 aliphatic heterocycles. The van der Waals surface area contributed by atoms with Crippen LogP contribution in [0.2, 0.25) is 0 Å². The summed E-state index contributed by atoms with van der Waals surface area (Å²) in [5.74, 6) is 0.778. The van der Waals surface area contributed by atoms with Gasteiger partial charge in [-0.15, -0.1) is 0 Å². The summed E-state index contributed by atoms with van der Waals surface area (Å²) in [6, 6.07) is 6.62. The Morgan fingerprint density at radius 2 is 2.05 bits per heavy atom. The van der Waals surface area contributed by atoms with Crippen molar-refractivity contribution in [2.45, 2.75) is 6.92 Å². The predicted octanol–water partition coefficient (Wildman–Crippen LogP) is 3.86. The highest BCUT2D eigenvalue weighted by Gasteiger charge is 2.19. The van der Waals surface area contributed by atoms with Crippen molar-refractivity contribution in [1.29, 1.82) is 0 Å². The molecule has 1 aromatic carbocycles. The SMILES string of the molecule is COc1cc(C)ccc1Oc1ncc(Br)cc1[N+](=O)[O-]. The monoisotopic (exact) mass is 338 g/mol. The fourth-order valence-electron chi connectivity index (χ4n) is 1.59. The molecule has 1 heterocycles. The van der Waals surface area contributed by atoms with Crippen LogP contribution in [0.25, 0.3) is 0 Å². The standard InChI is InChI=1S/C13H11BrN2O4/c1-8-3-4-11(12(5-8)19-2)20-13-10(16(17)18)6-9(14)7-15-13/h3-7H,1-2H3. The van der Waals surface area contributed by atoms with Gasteiger partial charge in [0.1, 0.15) is 0 Å². The highest BCUT2D eigenvalue weighted by Crippen LogP contribution is 2.36. The first kappa shape index (κ1) is 14.3. The van der Waals surface area contributed by atoms with Crippen molar-refractivity contribution in [2.24, 2.45) is 0 Å². The molecule has 0 unspecified atom stereocenters. The maximum atomic E-state index is 11.0. The average molecular weight is 339 g/mol. The second kappa shape index (κ2) is 5.87. The lowest BCUT2D eigenvalue weighted by atomic mass is 10.2. The van der Waals surface area contributed by atoms with Gasteiger partial charge >= 0.3 is 5.69 Å². The highest BCUT2D eigenvalue weighted by atomic mass is 79.9. The zero-order valence-electron chi connectivity index (χ0n) is 10.8. The lowest BCUT2D eigenvalue weighted by molar-refractivity contribution is -0.386. The lowest BCUT2D eigenvalue weighted by Crippen LogP contribution is -1.97. The van der Waals surface area contributed by atoms with Crippen molar-refractivity contribution < 1.29 is 14.4 Å². The van der Waals surface area contributed by atoms with Gasteiger partial charge in [0.2, 0.25) is 0 Å². The van der Waals surface area contributed by atoms with E-state index in [1.165, 1.54) is 19.4 Å². The largest absolute Gasteiger partial charge is 0.493 e. The van der Waals surface area contributed by atoms with E-state index in [1.807, 2.05) is 13.0 Å². The van der Waals surface area contributed by atoms with Crippen LogP contribution in [-0.4, -0.2) is 17.0 Å². The molecule has 0 amide bonds. The number of aromatic nitrogens is 1. The van der Waals surface area contributed by atoms with Crippen molar-refractivity contribution in [3.8, 4) is 17.4 Å². The maximum absolute atomic E-state index is 11.0. The molecule has 0 radical (unpaired) electrons. The van der Waals surface area contributed by atoms with Crippen molar-refractivity contribution in [1.82, 2.24) is 4.98 Å². The minimum Gasteiger partial charge on any atom is -0.493 e. The van der Waals surface area contributed by atoms with Crippen molar-refractivity contribution in [2.75, 3.05) is 7.11 Å². The Bertz CT molecular complexity index is 661. The molecule has 2 rings (SSSR count). The van der Waals surface area contributed by atoms with Gasteiger partial charge in [0.05, 0.1) is 12.0 Å². The van der Waals surface area contributed by atoms with Crippen molar-refractivity contribution in [3.63, 3.8) is 0 Å². The van der Waals surface area contributed by atoms with Crippen LogP contribution in [0, 0.1) is 17.0 Å². The Hall–Kier alpha value is -2.15. The molecule has 20 heavy (non-hydrogen) atoms. The summed E-state index contributed by atoms with van der Waals surface area (Å²) in [4.78, 5) is 14.4. The zero-order valence-corrected chi connectivity index (χ0v) is 12.4. The third-order valence-corrected chi connectivity index (χ3v) is 2.95. The van der Waals surface area contributed by atoms with Crippen molar-refractivity contribution >= 4 is 21.6 Å². The molecule has 0 spiro atoms. The van der Waals surface area contributed by atoms with Crippen LogP contribution >= 0.6 is 15.9 Å². The fourth-order valence-corrected chi connectivity index (χ4v) is 1.91. The van der Waals surface area contributed by atoms with Crippen molar-refractivity contribution in [3.05, 3.63) is 50.6 Å². The molecule has 0 aliphatic carbocycles. The van der Waals surface area contributed by atoms with E-state index >= 15 is 0 Å². The molecule has 0 bridgehead atoms. The van der Waals surface area contributed by atoms with E-state index in [-0.39, 0.29) is 11.6 Å². The number of benzene rings is 1. The summed E-state index contributed by atoms with van der Waals surface area (Å²) in [7, 11) is 1.51. The van der Waals surface area contributed by atoms with Gasteiger partial charge in [-0.3, -0.25) is 10.1 Å². The van der Waals surface area contributed by atoms with Crippen LogP contribution in [0.3, 0.4) is 0 Å². The molecule has 0 fully saturated rings. The Kier molecular flexibility index (Phi) is 4.19. The highest BCUT2D eigenvalue weighted by molar-refractivity contribution is 9.10. The van der Waals surface area contributed by atoms with E-state index in [0.717, 1.165) is 5.56 Å². The van der Waals surface area contributed by atoms with Crippen LogP contribution in [0.1, 0.15) is 5.56 Å². The minimum atomic E-state index is -0.548. The van der Waals surface area contributed by atoms with E-state index in [9.17, 15) is 10.1 Å². The molecule has 2 aromatic rings. The first-order valence-corrected chi connectivity index (χ1v) is 6.43. The van der Waals surface area contributed by atoms with Gasteiger partial charge in [0.25, 0.3) is 5.88 Å². The molecule has 104 valence electrons. The lowest BCUT2D eigenvalue weighted by Gasteiger charge is -2.10. The number of methoxy groups -OCH3 is 1. The zero-order chi connectivity index (χ0) is 14.7. The van der Waals surface area contributed by atoms with Crippen LogP contribution < -0.4 is 9.47 Å². The topological polar surface area (TPSA) is 74.5 Å². The van der Waals surface area contributed by atoms with Gasteiger partial charge < -0.3 is 9.47 Å². The Balaban J connectivity index is 2.42. The smallest absolute Gasteiger partial charge is 0.332 e. The van der Waals surface area contributed by atoms with Gasteiger partial charge in [-0.05, 0) is 40.5 Å². The van der Waals surface area contributed by atoms with Crippen LogP contribution in [0.15, 0.2) is 34.9 Å². The maximum Gasteiger partial charge on any atom is 0.332 e. The molecule has 0 saturated heterocycles. The number of hydrogen-bond donors (Lipinski definition) is 0. The number of ether oxygens (including phenoxy) is 2. The van der Waals surface area contributed by atoms with Gasteiger partial charge in [-0.1, -0.05) is 6.07 Å². The van der Waals surface area contributed by atoms with Crippen LogP contribution in [0.5, 0.6) is 17.4 Å². The number of nitro groups is 1. The normalized spacial score (nSPS) is 10.2. The molecule has 6 nitrogen and oxygen atoms in total. The molecular formula is C13H11BrN2O4. The molecule has 0 saturated carbocycles. The number of nitrogens with zero attached hydrogens (tertiary/aromatic N) is 2. The number of hydrogen-bond acceptors (Lipinski definition) is 5. The molecular weight excluding hydrogens is 328 g/mol. The first-order valence-electron chi connectivity index (χ1n) is 5.63. The molecule has 7 heteroatoms. The van der Waals surface area contributed by atoms with Crippen LogP contribution in [0.4, 0.5) is 5.69 Å². The van der Waals surface area contributed by atoms with Gasteiger partial charge in [-0.25, -0.2) is 4.98 Å². The quantitative estimate of drug-likeness (QED) is 0.625. The molecule has 0 N–H and O–H groups in total. The summed E-state index contributed by atoms with van der Waals surface area (Å²) >= 11 is 3.14. The summed E-state index contributed by atoms with van der Waals surface area (Å²) in [5.41, 5.74) is 0.773. The predicted molar refractivity (Wildman–Crippen MR) is 76.4 cm³/mol. The summed E-state index contributed by atoms with van der Waals surface area (Å²) in [6.07, 6.45) is 1.43. The van der Waals surface area contributed by atoms with Gasteiger partial charge in [0, 0.05) is 16.7 Å². The third kappa shape index (κ3) is 3.05. The Morgan fingerprint density at radius 1 is 1.30 bits per heavy atom. The third-order valence-electron chi connectivity index (χ3n) is 2.52. The second-order valence-corrected chi connectivity index (χ2v) is 4.91. The number of aryl methyl sites for hydroxylation is 1. The fraction of sp³-hybridized carbons (Fsp3) is 0.154. The second-order valence-electron chi connectivity index (χ2n) is 3.99. The van der Waals surface area contributed by atoms with Crippen LogP contribution in [-0.2, 0) is 0 Å². The summed E-state index contributed by atoms with van der Waals surface area (Å²) in [6.45, 7) is 1.91. The van der Waals surface area contributed by atoms with E-state index < -0.39 is 4.92 Å². The molecule has 0 atom stereocenters. The van der Waals surface area contributed by atoms with E-state index in [0.29, 0.717) is 16.0 Å². The minimum absolute atomic E-state index is 0.0830. The average Bonchev–Trinajstić information content (AvgIpc) is 2.42. The summed E-state index contributed by atoms with van der Waals surface area (Å²) in [5, 5.41) is 11.0. The first-order chi connectivity index (χ1) is 9.51. The number of halogens is 1. The van der Waals surface area contributed by atoms with E-state index in [2.05, 4.69) is 20.9 Å². The number of rotatable bonds is 4. The Labute approximate surface area is 123 Å². The molecule has 0 aliphatic rings.